The van der Waals surface area contributed by atoms with Crippen molar-refractivity contribution < 1.29 is 9.53 Å². The van der Waals surface area contributed by atoms with E-state index in [1.165, 1.54) is 17.7 Å². The summed E-state index contributed by atoms with van der Waals surface area (Å²) in [6, 6.07) is 3.10. The number of ether oxygens (including phenoxy) is 1. The number of carbonyl (C=O) groups excluding carboxylic acids is 1. The molecule has 1 aromatic heterocycles. The maximum Gasteiger partial charge on any atom is 0.315 e. The average molecular weight is 209 g/mol. The fraction of sp³-hybridized carbons (Fsp3) is 0.455. The third-order valence-corrected chi connectivity index (χ3v) is 2.50. The van der Waals surface area contributed by atoms with Crippen LogP contribution >= 0.6 is 0 Å². The molecule has 0 aromatic carbocycles. The highest BCUT2D eigenvalue weighted by Crippen LogP contribution is 2.23. The van der Waals surface area contributed by atoms with Crippen molar-refractivity contribution in [1.82, 2.24) is 4.57 Å². The lowest BCUT2D eigenvalue weighted by Gasteiger charge is -2.22. The highest BCUT2D eigenvalue weighted by Gasteiger charge is 2.31. The third kappa shape index (κ3) is 2.09. The minimum atomic E-state index is -0.736. The van der Waals surface area contributed by atoms with Gasteiger partial charge in [-0.2, -0.15) is 0 Å². The Morgan fingerprint density at radius 1 is 1.40 bits per heavy atom. The molecule has 0 radical (unpaired) electrons. The van der Waals surface area contributed by atoms with Crippen LogP contribution in [0.4, 0.5) is 0 Å². The van der Waals surface area contributed by atoms with Crippen LogP contribution < -0.4 is 5.56 Å². The summed E-state index contributed by atoms with van der Waals surface area (Å²) in [4.78, 5) is 22.7. The summed E-state index contributed by atoms with van der Waals surface area (Å²) in [6.07, 6.45) is 1.65. The zero-order chi connectivity index (χ0) is 11.6. The number of nitrogens with zero attached hydrogens (tertiary/aromatic N) is 1. The number of pyridine rings is 1. The lowest BCUT2D eigenvalue weighted by Crippen LogP contribution is -2.31. The van der Waals surface area contributed by atoms with Crippen LogP contribution in [-0.4, -0.2) is 17.6 Å². The van der Waals surface area contributed by atoms with Gasteiger partial charge >= 0.3 is 5.97 Å². The van der Waals surface area contributed by atoms with E-state index < -0.39 is 5.41 Å². The van der Waals surface area contributed by atoms with Crippen molar-refractivity contribution in [3.8, 4) is 0 Å². The standard InChI is InChI=1S/C11H15NO3/c1-11(2,10(14)15-4)8-5-6-9(13)12(3)7-8/h5-7H,1-4H3. The topological polar surface area (TPSA) is 48.3 Å². The first-order valence-corrected chi connectivity index (χ1v) is 4.65. The molecule has 0 bridgehead atoms. The largest absolute Gasteiger partial charge is 0.468 e. The molecule has 0 N–H and O–H groups in total. The fourth-order valence-electron chi connectivity index (χ4n) is 1.34. The number of aromatic nitrogens is 1. The van der Waals surface area contributed by atoms with Crippen molar-refractivity contribution in [2.45, 2.75) is 19.3 Å². The van der Waals surface area contributed by atoms with Crippen LogP contribution in [0.1, 0.15) is 19.4 Å². The summed E-state index contributed by atoms with van der Waals surface area (Å²) < 4.78 is 6.16. The molecule has 1 rings (SSSR count). The average Bonchev–Trinajstić information content (AvgIpc) is 2.20. The second-order valence-corrected chi connectivity index (χ2v) is 3.98. The SMILES string of the molecule is COC(=O)C(C)(C)c1ccc(=O)n(C)c1. The molecular formula is C11H15NO3. The van der Waals surface area contributed by atoms with Crippen LogP contribution in [0.5, 0.6) is 0 Å². The van der Waals surface area contributed by atoms with E-state index in [9.17, 15) is 9.59 Å². The number of methoxy groups -OCH3 is 1. The van der Waals surface area contributed by atoms with Crippen molar-refractivity contribution in [2.24, 2.45) is 7.05 Å². The van der Waals surface area contributed by atoms with E-state index in [0.717, 1.165) is 5.56 Å². The van der Waals surface area contributed by atoms with E-state index in [0.29, 0.717) is 0 Å². The van der Waals surface area contributed by atoms with Crippen molar-refractivity contribution in [1.29, 1.82) is 0 Å². The van der Waals surface area contributed by atoms with Crippen molar-refractivity contribution in [3.05, 3.63) is 34.2 Å². The lowest BCUT2D eigenvalue weighted by atomic mass is 9.86. The lowest BCUT2D eigenvalue weighted by molar-refractivity contribution is -0.146. The predicted octanol–water partition coefficient (Wildman–Crippen LogP) is 0.836. The van der Waals surface area contributed by atoms with Gasteiger partial charge < -0.3 is 9.30 Å². The first kappa shape index (κ1) is 11.5. The van der Waals surface area contributed by atoms with Gasteiger partial charge in [0.05, 0.1) is 12.5 Å². The molecule has 0 saturated carbocycles. The Morgan fingerprint density at radius 3 is 2.47 bits per heavy atom. The number of esters is 1. The molecule has 82 valence electrons. The minimum absolute atomic E-state index is 0.0978. The molecule has 0 aliphatic heterocycles. The van der Waals surface area contributed by atoms with E-state index in [4.69, 9.17) is 4.74 Å². The minimum Gasteiger partial charge on any atom is -0.468 e. The number of carbonyl (C=O) groups is 1. The maximum absolute atomic E-state index is 11.5. The second-order valence-electron chi connectivity index (χ2n) is 3.98. The second kappa shape index (κ2) is 3.88. The molecule has 4 nitrogen and oxygen atoms in total. The number of aryl methyl sites for hydroxylation is 1. The highest BCUT2D eigenvalue weighted by molar-refractivity contribution is 5.81. The van der Waals surface area contributed by atoms with Crippen LogP contribution in [0.2, 0.25) is 0 Å². The predicted molar refractivity (Wildman–Crippen MR) is 56.7 cm³/mol. The fourth-order valence-corrected chi connectivity index (χ4v) is 1.34. The molecule has 15 heavy (non-hydrogen) atoms. The van der Waals surface area contributed by atoms with Gasteiger partial charge in [0, 0.05) is 19.3 Å². The van der Waals surface area contributed by atoms with Gasteiger partial charge in [0.2, 0.25) is 5.56 Å². The Balaban J connectivity index is 3.21. The highest BCUT2D eigenvalue weighted by atomic mass is 16.5. The first-order valence-electron chi connectivity index (χ1n) is 4.65. The zero-order valence-corrected chi connectivity index (χ0v) is 9.40. The molecule has 0 fully saturated rings. The van der Waals surface area contributed by atoms with Gasteiger partial charge in [0.15, 0.2) is 0 Å². The third-order valence-electron chi connectivity index (χ3n) is 2.50. The van der Waals surface area contributed by atoms with Gasteiger partial charge in [0.1, 0.15) is 0 Å². The zero-order valence-electron chi connectivity index (χ0n) is 9.40. The summed E-state index contributed by atoms with van der Waals surface area (Å²) in [5, 5.41) is 0. The molecule has 1 heterocycles. The summed E-state index contributed by atoms with van der Waals surface area (Å²) >= 11 is 0. The number of hydrogen-bond donors (Lipinski definition) is 0. The Bertz CT molecular complexity index is 432. The quantitative estimate of drug-likeness (QED) is 0.678. The Morgan fingerprint density at radius 2 is 2.00 bits per heavy atom. The van der Waals surface area contributed by atoms with Crippen molar-refractivity contribution in [2.75, 3.05) is 7.11 Å². The van der Waals surface area contributed by atoms with Crippen LogP contribution in [0, 0.1) is 0 Å². The molecular weight excluding hydrogens is 194 g/mol. The van der Waals surface area contributed by atoms with E-state index in [1.54, 1.807) is 33.2 Å². The maximum atomic E-state index is 11.5. The van der Waals surface area contributed by atoms with Gasteiger partial charge in [-0.05, 0) is 19.4 Å². The van der Waals surface area contributed by atoms with E-state index >= 15 is 0 Å². The molecule has 0 aliphatic carbocycles. The normalized spacial score (nSPS) is 11.2. The molecule has 0 spiro atoms. The molecule has 0 saturated heterocycles. The first-order chi connectivity index (χ1) is 6.89. The molecule has 0 amide bonds. The van der Waals surface area contributed by atoms with Gasteiger partial charge in [-0.3, -0.25) is 9.59 Å². The monoisotopic (exact) mass is 209 g/mol. The molecule has 4 heteroatoms. The van der Waals surface area contributed by atoms with Crippen LogP contribution in [-0.2, 0) is 22.0 Å². The number of rotatable bonds is 2. The molecule has 0 aliphatic rings. The summed E-state index contributed by atoms with van der Waals surface area (Å²) in [5.41, 5.74) is -0.0731. The Hall–Kier alpha value is -1.58. The molecule has 1 aromatic rings. The van der Waals surface area contributed by atoms with Gasteiger partial charge in [-0.15, -0.1) is 0 Å². The van der Waals surface area contributed by atoms with Crippen LogP contribution in [0.15, 0.2) is 23.1 Å². The Labute approximate surface area is 88.5 Å². The Kier molecular flexibility index (Phi) is 2.98. The summed E-state index contributed by atoms with van der Waals surface area (Å²) in [6.45, 7) is 3.53. The summed E-state index contributed by atoms with van der Waals surface area (Å²) in [7, 11) is 3.01. The van der Waals surface area contributed by atoms with Crippen molar-refractivity contribution in [3.63, 3.8) is 0 Å². The van der Waals surface area contributed by atoms with Crippen molar-refractivity contribution >= 4 is 5.97 Å². The van der Waals surface area contributed by atoms with Crippen LogP contribution in [0.3, 0.4) is 0 Å². The van der Waals surface area contributed by atoms with Gasteiger partial charge in [0.25, 0.3) is 0 Å². The number of hydrogen-bond acceptors (Lipinski definition) is 3. The van der Waals surface area contributed by atoms with Gasteiger partial charge in [-0.1, -0.05) is 6.07 Å². The van der Waals surface area contributed by atoms with E-state index in [2.05, 4.69) is 0 Å². The van der Waals surface area contributed by atoms with E-state index in [1.807, 2.05) is 0 Å². The van der Waals surface area contributed by atoms with E-state index in [-0.39, 0.29) is 11.5 Å². The van der Waals surface area contributed by atoms with Gasteiger partial charge in [-0.25, -0.2) is 0 Å². The molecule has 0 unspecified atom stereocenters. The van der Waals surface area contributed by atoms with Crippen LogP contribution in [0.25, 0.3) is 0 Å². The molecule has 0 atom stereocenters. The smallest absolute Gasteiger partial charge is 0.315 e. The summed E-state index contributed by atoms with van der Waals surface area (Å²) in [5.74, 6) is -0.318.